The molecule has 106 valence electrons. The van der Waals surface area contributed by atoms with E-state index >= 15 is 0 Å². The molecule has 0 bridgehead atoms. The Bertz CT molecular complexity index is 358. The highest BCUT2D eigenvalue weighted by Gasteiger charge is 2.21. The summed E-state index contributed by atoms with van der Waals surface area (Å²) in [7, 11) is 0. The van der Waals surface area contributed by atoms with Gasteiger partial charge in [-0.2, -0.15) is 0 Å². The Morgan fingerprint density at radius 3 is 2.47 bits per heavy atom. The van der Waals surface area contributed by atoms with Gasteiger partial charge in [0, 0.05) is 19.1 Å². The molecule has 0 radical (unpaired) electrons. The summed E-state index contributed by atoms with van der Waals surface area (Å²) < 4.78 is 5.75. The summed E-state index contributed by atoms with van der Waals surface area (Å²) in [6.45, 7) is 7.52. The fourth-order valence-corrected chi connectivity index (χ4v) is 2.87. The summed E-state index contributed by atoms with van der Waals surface area (Å²) in [5, 5.41) is 0. The van der Waals surface area contributed by atoms with Gasteiger partial charge in [0.15, 0.2) is 0 Å². The Kier molecular flexibility index (Phi) is 5.37. The molecule has 2 rings (SSSR count). The first kappa shape index (κ1) is 14.5. The third-order valence-corrected chi connectivity index (χ3v) is 3.71. The van der Waals surface area contributed by atoms with Gasteiger partial charge in [-0.1, -0.05) is 30.3 Å². The van der Waals surface area contributed by atoms with Gasteiger partial charge in [-0.3, -0.25) is 4.90 Å². The van der Waals surface area contributed by atoms with Gasteiger partial charge < -0.3 is 10.5 Å². The van der Waals surface area contributed by atoms with Gasteiger partial charge in [0.25, 0.3) is 0 Å². The quantitative estimate of drug-likeness (QED) is 0.886. The fourth-order valence-electron chi connectivity index (χ4n) is 2.87. The number of hydrogen-bond donors (Lipinski definition) is 1. The number of nitrogens with zero attached hydrogens (tertiary/aromatic N) is 1. The summed E-state index contributed by atoms with van der Waals surface area (Å²) in [5.41, 5.74) is 7.46. The highest BCUT2D eigenvalue weighted by Crippen LogP contribution is 2.17. The smallest absolute Gasteiger partial charge is 0.0678 e. The van der Waals surface area contributed by atoms with E-state index in [1.165, 1.54) is 5.56 Å². The minimum absolute atomic E-state index is 0.164. The highest BCUT2D eigenvalue weighted by molar-refractivity contribution is 5.18. The Morgan fingerprint density at radius 2 is 1.84 bits per heavy atom. The van der Waals surface area contributed by atoms with Crippen molar-refractivity contribution in [2.24, 2.45) is 5.73 Å². The van der Waals surface area contributed by atoms with Gasteiger partial charge in [0.1, 0.15) is 0 Å². The SMILES string of the molecule is C[C@@H]1CN(CCCC(N)c2ccccc2)C[C@H](C)O1. The molecule has 2 N–H and O–H groups in total. The van der Waals surface area contributed by atoms with Crippen LogP contribution in [-0.4, -0.2) is 36.7 Å². The van der Waals surface area contributed by atoms with E-state index in [1.807, 2.05) is 6.07 Å². The van der Waals surface area contributed by atoms with E-state index in [4.69, 9.17) is 10.5 Å². The Balaban J connectivity index is 1.71. The third-order valence-electron chi connectivity index (χ3n) is 3.71. The standard InChI is InChI=1S/C16H26N2O/c1-13-11-18(12-14(2)19-13)10-6-9-16(17)15-7-4-3-5-8-15/h3-5,7-8,13-14,16H,6,9-12,17H2,1-2H3/t13-,14+,16?. The number of ether oxygens (including phenoxy) is 1. The highest BCUT2D eigenvalue weighted by atomic mass is 16.5. The van der Waals surface area contributed by atoms with Gasteiger partial charge in [0.2, 0.25) is 0 Å². The molecular formula is C16H26N2O. The average Bonchev–Trinajstić information content (AvgIpc) is 2.38. The zero-order chi connectivity index (χ0) is 13.7. The molecule has 0 spiro atoms. The molecule has 3 nitrogen and oxygen atoms in total. The van der Waals surface area contributed by atoms with E-state index in [0.29, 0.717) is 12.2 Å². The molecular weight excluding hydrogens is 236 g/mol. The Labute approximate surface area is 116 Å². The third kappa shape index (κ3) is 4.60. The Hall–Kier alpha value is -0.900. The lowest BCUT2D eigenvalue weighted by Gasteiger charge is -2.35. The molecule has 1 fully saturated rings. The molecule has 1 aromatic carbocycles. The number of rotatable bonds is 5. The first-order valence-corrected chi connectivity index (χ1v) is 7.33. The zero-order valence-electron chi connectivity index (χ0n) is 12.1. The van der Waals surface area contributed by atoms with Crippen LogP contribution in [0.3, 0.4) is 0 Å². The second kappa shape index (κ2) is 7.04. The van der Waals surface area contributed by atoms with E-state index in [2.05, 4.69) is 43.0 Å². The first-order chi connectivity index (χ1) is 9.15. The van der Waals surface area contributed by atoms with Gasteiger partial charge in [-0.25, -0.2) is 0 Å². The Morgan fingerprint density at radius 1 is 1.21 bits per heavy atom. The molecule has 1 aliphatic rings. The van der Waals surface area contributed by atoms with Crippen molar-refractivity contribution < 1.29 is 4.74 Å². The van der Waals surface area contributed by atoms with Crippen LogP contribution in [0.2, 0.25) is 0 Å². The fraction of sp³-hybridized carbons (Fsp3) is 0.625. The molecule has 0 aromatic heterocycles. The van der Waals surface area contributed by atoms with Crippen molar-refractivity contribution in [3.8, 4) is 0 Å². The first-order valence-electron chi connectivity index (χ1n) is 7.33. The van der Waals surface area contributed by atoms with Gasteiger partial charge >= 0.3 is 0 Å². The minimum atomic E-state index is 0.164. The van der Waals surface area contributed by atoms with Crippen LogP contribution < -0.4 is 5.73 Å². The number of nitrogens with two attached hydrogens (primary N) is 1. The van der Waals surface area contributed by atoms with E-state index < -0.39 is 0 Å². The largest absolute Gasteiger partial charge is 0.373 e. The van der Waals surface area contributed by atoms with Crippen LogP contribution in [0.5, 0.6) is 0 Å². The maximum atomic E-state index is 6.22. The number of morpholine rings is 1. The van der Waals surface area contributed by atoms with Gasteiger partial charge in [0.05, 0.1) is 12.2 Å². The minimum Gasteiger partial charge on any atom is -0.373 e. The topological polar surface area (TPSA) is 38.5 Å². The maximum Gasteiger partial charge on any atom is 0.0678 e. The molecule has 1 unspecified atom stereocenters. The van der Waals surface area contributed by atoms with Crippen molar-refractivity contribution in [1.29, 1.82) is 0 Å². The van der Waals surface area contributed by atoms with Crippen LogP contribution in [-0.2, 0) is 4.74 Å². The van der Waals surface area contributed by atoms with E-state index in [1.54, 1.807) is 0 Å². The molecule has 0 aliphatic carbocycles. The molecule has 1 saturated heterocycles. The van der Waals surface area contributed by atoms with Crippen molar-refractivity contribution in [3.63, 3.8) is 0 Å². The lowest BCUT2D eigenvalue weighted by molar-refractivity contribution is -0.0682. The molecule has 1 aromatic rings. The van der Waals surface area contributed by atoms with Crippen molar-refractivity contribution in [1.82, 2.24) is 4.90 Å². The van der Waals surface area contributed by atoms with E-state index in [0.717, 1.165) is 32.5 Å². The molecule has 3 atom stereocenters. The molecule has 19 heavy (non-hydrogen) atoms. The maximum absolute atomic E-state index is 6.22. The number of hydrogen-bond acceptors (Lipinski definition) is 3. The van der Waals surface area contributed by atoms with Gasteiger partial charge in [-0.15, -0.1) is 0 Å². The zero-order valence-corrected chi connectivity index (χ0v) is 12.1. The second-order valence-electron chi connectivity index (χ2n) is 5.68. The normalized spacial score (nSPS) is 26.3. The molecule has 1 heterocycles. The summed E-state index contributed by atoms with van der Waals surface area (Å²) in [6, 6.07) is 10.5. The second-order valence-corrected chi connectivity index (χ2v) is 5.68. The van der Waals surface area contributed by atoms with Crippen LogP contribution in [0.15, 0.2) is 30.3 Å². The van der Waals surface area contributed by atoms with Crippen molar-refractivity contribution in [2.75, 3.05) is 19.6 Å². The van der Waals surface area contributed by atoms with Gasteiger partial charge in [-0.05, 0) is 38.8 Å². The van der Waals surface area contributed by atoms with Crippen LogP contribution in [0.1, 0.15) is 38.3 Å². The van der Waals surface area contributed by atoms with Crippen LogP contribution in [0.25, 0.3) is 0 Å². The van der Waals surface area contributed by atoms with Crippen LogP contribution in [0.4, 0.5) is 0 Å². The van der Waals surface area contributed by atoms with Crippen LogP contribution in [0, 0.1) is 0 Å². The predicted octanol–water partition coefficient (Wildman–Crippen LogP) is 2.58. The van der Waals surface area contributed by atoms with Crippen LogP contribution >= 0.6 is 0 Å². The number of benzene rings is 1. The van der Waals surface area contributed by atoms with E-state index in [9.17, 15) is 0 Å². The molecule has 1 aliphatic heterocycles. The molecule has 3 heteroatoms. The summed E-state index contributed by atoms with van der Waals surface area (Å²) in [5.74, 6) is 0. The summed E-state index contributed by atoms with van der Waals surface area (Å²) in [6.07, 6.45) is 2.90. The summed E-state index contributed by atoms with van der Waals surface area (Å²) in [4.78, 5) is 2.50. The lowest BCUT2D eigenvalue weighted by atomic mass is 10.0. The average molecular weight is 262 g/mol. The van der Waals surface area contributed by atoms with Crippen molar-refractivity contribution in [3.05, 3.63) is 35.9 Å². The summed E-state index contributed by atoms with van der Waals surface area (Å²) >= 11 is 0. The van der Waals surface area contributed by atoms with Crippen molar-refractivity contribution >= 4 is 0 Å². The van der Waals surface area contributed by atoms with E-state index in [-0.39, 0.29) is 6.04 Å². The van der Waals surface area contributed by atoms with Crippen molar-refractivity contribution in [2.45, 2.75) is 44.9 Å². The molecule has 0 amide bonds. The predicted molar refractivity (Wildman–Crippen MR) is 79.1 cm³/mol. The molecule has 0 saturated carbocycles. The lowest BCUT2D eigenvalue weighted by Crippen LogP contribution is -2.45. The monoisotopic (exact) mass is 262 g/mol.